The Morgan fingerprint density at radius 3 is 3.00 bits per heavy atom. The number of amides is 1. The molecule has 1 atom stereocenters. The summed E-state index contributed by atoms with van der Waals surface area (Å²) in [7, 11) is -3.46. The molecular formula is C11H15N3O4S2. The molecule has 110 valence electrons. The van der Waals surface area contributed by atoms with Gasteiger partial charge in [0.25, 0.3) is 0 Å². The zero-order valence-electron chi connectivity index (χ0n) is 10.7. The van der Waals surface area contributed by atoms with Crippen LogP contribution in [0.15, 0.2) is 12.7 Å². The van der Waals surface area contributed by atoms with Crippen LogP contribution in [0.3, 0.4) is 0 Å². The molecule has 1 amide bonds. The number of carbonyl (C=O) groups is 1. The van der Waals surface area contributed by atoms with E-state index in [4.69, 9.17) is 4.74 Å². The van der Waals surface area contributed by atoms with Crippen LogP contribution in [0.4, 0.5) is 5.13 Å². The lowest BCUT2D eigenvalue weighted by Crippen LogP contribution is -2.24. The van der Waals surface area contributed by atoms with Crippen LogP contribution in [-0.4, -0.2) is 42.6 Å². The van der Waals surface area contributed by atoms with Crippen molar-refractivity contribution < 1.29 is 17.9 Å². The first kappa shape index (κ1) is 15.1. The van der Waals surface area contributed by atoms with E-state index in [1.165, 1.54) is 17.4 Å². The van der Waals surface area contributed by atoms with E-state index in [0.717, 1.165) is 12.8 Å². The van der Waals surface area contributed by atoms with Crippen LogP contribution < -0.4 is 5.32 Å². The van der Waals surface area contributed by atoms with E-state index < -0.39 is 21.5 Å². The van der Waals surface area contributed by atoms with E-state index in [2.05, 4.69) is 22.1 Å². The van der Waals surface area contributed by atoms with Crippen molar-refractivity contribution in [3.05, 3.63) is 17.7 Å². The van der Waals surface area contributed by atoms with Crippen LogP contribution >= 0.6 is 11.3 Å². The van der Waals surface area contributed by atoms with Crippen LogP contribution in [0.5, 0.6) is 0 Å². The van der Waals surface area contributed by atoms with E-state index in [1.807, 2.05) is 0 Å². The quantitative estimate of drug-likeness (QED) is 0.784. The fourth-order valence-corrected chi connectivity index (χ4v) is 3.57. The highest BCUT2D eigenvalue weighted by Gasteiger charge is 2.23. The highest BCUT2D eigenvalue weighted by Crippen LogP contribution is 2.31. The second-order valence-electron chi connectivity index (χ2n) is 4.34. The van der Waals surface area contributed by atoms with Crippen molar-refractivity contribution in [2.75, 3.05) is 23.4 Å². The number of ether oxygens (including phenoxy) is 1. The average Bonchev–Trinajstić information content (AvgIpc) is 2.96. The molecule has 20 heavy (non-hydrogen) atoms. The van der Waals surface area contributed by atoms with Gasteiger partial charge >= 0.3 is 0 Å². The summed E-state index contributed by atoms with van der Waals surface area (Å²) in [5.74, 6) is -1.44. The van der Waals surface area contributed by atoms with Crippen molar-refractivity contribution in [3.63, 3.8) is 0 Å². The predicted octanol–water partition coefficient (Wildman–Crippen LogP) is 0.929. The number of hydrogen-bond donors (Lipinski definition) is 1. The van der Waals surface area contributed by atoms with Crippen LogP contribution in [0.1, 0.15) is 24.0 Å². The highest BCUT2D eigenvalue weighted by molar-refractivity contribution is 7.92. The summed E-state index contributed by atoms with van der Waals surface area (Å²) in [6.07, 6.45) is 3.05. The number of carbonyl (C=O) groups excluding carboxylic acids is 1. The number of anilines is 1. The molecular weight excluding hydrogens is 302 g/mol. The maximum atomic E-state index is 11.6. The molecule has 0 radical (unpaired) electrons. The Morgan fingerprint density at radius 1 is 1.55 bits per heavy atom. The Kier molecular flexibility index (Phi) is 4.84. The SMILES string of the molecule is C=CCS(=O)(=O)CC(=O)Nc1nnc(C2CCCO2)s1. The third-order valence-electron chi connectivity index (χ3n) is 2.61. The standard InChI is InChI=1S/C11H15N3O4S2/c1-2-6-20(16,17)7-9(15)12-11-14-13-10(19-11)8-4-3-5-18-8/h2,8H,1,3-7H2,(H,12,14,15). The monoisotopic (exact) mass is 317 g/mol. The van der Waals surface area contributed by atoms with Gasteiger partial charge in [-0.2, -0.15) is 0 Å². The van der Waals surface area contributed by atoms with Gasteiger partial charge in [-0.25, -0.2) is 8.42 Å². The first-order chi connectivity index (χ1) is 9.50. The third kappa shape index (κ3) is 4.09. The maximum absolute atomic E-state index is 11.6. The largest absolute Gasteiger partial charge is 0.371 e. The zero-order chi connectivity index (χ0) is 14.6. The van der Waals surface area contributed by atoms with Gasteiger partial charge in [0, 0.05) is 6.61 Å². The summed E-state index contributed by atoms with van der Waals surface area (Å²) >= 11 is 1.20. The van der Waals surface area contributed by atoms with Crippen LogP contribution in [-0.2, 0) is 19.4 Å². The number of hydrogen-bond acceptors (Lipinski definition) is 7. The second-order valence-corrected chi connectivity index (χ2v) is 7.46. The molecule has 1 aliphatic heterocycles. The van der Waals surface area contributed by atoms with Crippen molar-refractivity contribution >= 4 is 32.2 Å². The minimum absolute atomic E-state index is 0.0670. The Morgan fingerprint density at radius 2 is 2.35 bits per heavy atom. The molecule has 0 aromatic carbocycles. The molecule has 2 heterocycles. The van der Waals surface area contributed by atoms with Gasteiger partial charge in [-0.15, -0.1) is 16.8 Å². The van der Waals surface area contributed by atoms with Gasteiger partial charge in [0.2, 0.25) is 11.0 Å². The summed E-state index contributed by atoms with van der Waals surface area (Å²) < 4.78 is 28.4. The molecule has 0 bridgehead atoms. The van der Waals surface area contributed by atoms with Gasteiger partial charge in [-0.05, 0) is 12.8 Å². The number of nitrogens with zero attached hydrogens (tertiary/aromatic N) is 2. The van der Waals surface area contributed by atoms with Gasteiger partial charge in [0.15, 0.2) is 9.84 Å². The predicted molar refractivity (Wildman–Crippen MR) is 75.3 cm³/mol. The molecule has 9 heteroatoms. The van der Waals surface area contributed by atoms with Crippen LogP contribution in [0.25, 0.3) is 0 Å². The summed E-state index contributed by atoms with van der Waals surface area (Å²) in [5.41, 5.74) is 0. The molecule has 2 rings (SSSR count). The summed E-state index contributed by atoms with van der Waals surface area (Å²) in [5, 5.41) is 11.2. The normalized spacial score (nSPS) is 18.9. The second kappa shape index (κ2) is 6.42. The Bertz CT molecular complexity index is 591. The van der Waals surface area contributed by atoms with Crippen LogP contribution in [0, 0.1) is 0 Å². The van der Waals surface area contributed by atoms with Crippen molar-refractivity contribution in [2.24, 2.45) is 0 Å². The van der Waals surface area contributed by atoms with Crippen molar-refractivity contribution in [1.82, 2.24) is 10.2 Å². The van der Waals surface area contributed by atoms with E-state index >= 15 is 0 Å². The summed E-state index contributed by atoms with van der Waals surface area (Å²) in [6, 6.07) is 0. The average molecular weight is 317 g/mol. The number of sulfone groups is 1. The van der Waals surface area contributed by atoms with Crippen molar-refractivity contribution in [1.29, 1.82) is 0 Å². The first-order valence-corrected chi connectivity index (χ1v) is 8.70. The summed E-state index contributed by atoms with van der Waals surface area (Å²) in [4.78, 5) is 11.6. The minimum atomic E-state index is -3.46. The molecule has 1 aliphatic rings. The van der Waals surface area contributed by atoms with E-state index in [-0.39, 0.29) is 17.0 Å². The van der Waals surface area contributed by atoms with Crippen LogP contribution in [0.2, 0.25) is 0 Å². The van der Waals surface area contributed by atoms with Gasteiger partial charge in [0.05, 0.1) is 5.75 Å². The molecule has 7 nitrogen and oxygen atoms in total. The Hall–Kier alpha value is -1.32. The molecule has 1 saturated heterocycles. The zero-order valence-corrected chi connectivity index (χ0v) is 12.4. The van der Waals surface area contributed by atoms with Gasteiger partial charge < -0.3 is 4.74 Å². The fourth-order valence-electron chi connectivity index (χ4n) is 1.78. The number of aromatic nitrogens is 2. The fraction of sp³-hybridized carbons (Fsp3) is 0.545. The van der Waals surface area contributed by atoms with E-state index in [1.54, 1.807) is 0 Å². The van der Waals surface area contributed by atoms with Gasteiger partial charge in [-0.1, -0.05) is 17.4 Å². The topological polar surface area (TPSA) is 98.2 Å². The van der Waals surface area contributed by atoms with Gasteiger partial charge in [-0.3, -0.25) is 10.1 Å². The smallest absolute Gasteiger partial charge is 0.241 e. The van der Waals surface area contributed by atoms with E-state index in [0.29, 0.717) is 11.6 Å². The molecule has 1 fully saturated rings. The van der Waals surface area contributed by atoms with Crippen molar-refractivity contribution in [2.45, 2.75) is 18.9 Å². The Balaban J connectivity index is 1.93. The van der Waals surface area contributed by atoms with E-state index in [9.17, 15) is 13.2 Å². The number of nitrogens with one attached hydrogen (secondary N) is 1. The lowest BCUT2D eigenvalue weighted by atomic mass is 10.2. The maximum Gasteiger partial charge on any atom is 0.241 e. The molecule has 0 spiro atoms. The molecule has 0 saturated carbocycles. The van der Waals surface area contributed by atoms with Gasteiger partial charge in [0.1, 0.15) is 16.9 Å². The first-order valence-electron chi connectivity index (χ1n) is 6.06. The molecule has 1 N–H and O–H groups in total. The number of rotatable bonds is 6. The molecule has 1 aromatic heterocycles. The third-order valence-corrected chi connectivity index (χ3v) is 4.99. The molecule has 1 aromatic rings. The summed E-state index contributed by atoms with van der Waals surface area (Å²) in [6.45, 7) is 4.04. The van der Waals surface area contributed by atoms with Crippen molar-refractivity contribution in [3.8, 4) is 0 Å². The lowest BCUT2D eigenvalue weighted by Gasteiger charge is -2.02. The Labute approximate surface area is 121 Å². The highest BCUT2D eigenvalue weighted by atomic mass is 32.2. The molecule has 1 unspecified atom stereocenters. The minimum Gasteiger partial charge on any atom is -0.371 e. The lowest BCUT2D eigenvalue weighted by molar-refractivity contribution is -0.113. The molecule has 0 aliphatic carbocycles.